The van der Waals surface area contributed by atoms with Gasteiger partial charge in [-0.3, -0.25) is 15.0 Å². The number of carbonyl (C=O) groups excluding carboxylic acids is 2. The van der Waals surface area contributed by atoms with E-state index in [1.807, 2.05) is 19.1 Å². The number of nitrogens with zero attached hydrogens (tertiary/aromatic N) is 1. The fraction of sp³-hybridized carbons (Fsp3) is 0.286. The molecule has 0 radical (unpaired) electrons. The minimum absolute atomic E-state index is 0.238. The van der Waals surface area contributed by atoms with Gasteiger partial charge in [0.15, 0.2) is 0 Å². The number of benzene rings is 1. The van der Waals surface area contributed by atoms with Gasteiger partial charge in [0, 0.05) is 19.0 Å². The fourth-order valence-electron chi connectivity index (χ4n) is 1.92. The van der Waals surface area contributed by atoms with Gasteiger partial charge in [0.25, 0.3) is 0 Å². The third kappa shape index (κ3) is 2.93. The molecule has 1 aliphatic heterocycles. The Morgan fingerprint density at radius 3 is 2.95 bits per heavy atom. The largest absolute Gasteiger partial charge is 0.489 e. The standard InChI is InChI=1S/C14H16N2O3/c1-3-8-19-11-5-4-10(2)12(9-11)16-7-6-13(17)15-14(16)18/h3-5,9H,1,6-8H2,2H3,(H,15,17,18). The molecule has 1 aromatic carbocycles. The van der Waals surface area contributed by atoms with Crippen LogP contribution in [0.25, 0.3) is 0 Å². The summed E-state index contributed by atoms with van der Waals surface area (Å²) in [6.07, 6.45) is 1.97. The molecule has 3 amide bonds. The van der Waals surface area contributed by atoms with Crippen molar-refractivity contribution in [3.63, 3.8) is 0 Å². The molecule has 1 heterocycles. The summed E-state index contributed by atoms with van der Waals surface area (Å²) in [6, 6.07) is 5.14. The van der Waals surface area contributed by atoms with Crippen LogP contribution in [0, 0.1) is 6.92 Å². The molecule has 0 saturated carbocycles. The SMILES string of the molecule is C=CCOc1ccc(C)c(N2CCC(=O)NC2=O)c1. The minimum atomic E-state index is -0.389. The van der Waals surface area contributed by atoms with Crippen molar-refractivity contribution in [1.29, 1.82) is 0 Å². The summed E-state index contributed by atoms with van der Waals surface area (Å²) in [5.74, 6) is 0.433. The molecule has 0 spiro atoms. The van der Waals surface area contributed by atoms with Crippen LogP contribution in [0.3, 0.4) is 0 Å². The lowest BCUT2D eigenvalue weighted by atomic mass is 10.1. The van der Waals surface area contributed by atoms with E-state index in [2.05, 4.69) is 11.9 Å². The van der Waals surface area contributed by atoms with Crippen LogP contribution in [-0.2, 0) is 4.79 Å². The van der Waals surface area contributed by atoms with Crippen molar-refractivity contribution >= 4 is 17.6 Å². The van der Waals surface area contributed by atoms with Crippen molar-refractivity contribution in [2.24, 2.45) is 0 Å². The van der Waals surface area contributed by atoms with Crippen LogP contribution in [0.5, 0.6) is 5.75 Å². The number of rotatable bonds is 4. The van der Waals surface area contributed by atoms with Gasteiger partial charge < -0.3 is 4.74 Å². The van der Waals surface area contributed by atoms with Crippen molar-refractivity contribution in [2.45, 2.75) is 13.3 Å². The third-order valence-electron chi connectivity index (χ3n) is 2.89. The lowest BCUT2D eigenvalue weighted by Crippen LogP contribution is -2.49. The van der Waals surface area contributed by atoms with Crippen LogP contribution < -0.4 is 15.0 Å². The van der Waals surface area contributed by atoms with Crippen LogP contribution in [0.4, 0.5) is 10.5 Å². The van der Waals surface area contributed by atoms with Crippen molar-refractivity contribution in [1.82, 2.24) is 5.32 Å². The minimum Gasteiger partial charge on any atom is -0.489 e. The van der Waals surface area contributed by atoms with E-state index in [1.54, 1.807) is 17.0 Å². The van der Waals surface area contributed by atoms with Crippen LogP contribution in [-0.4, -0.2) is 25.1 Å². The number of hydrogen-bond acceptors (Lipinski definition) is 3. The lowest BCUT2D eigenvalue weighted by Gasteiger charge is -2.28. The van der Waals surface area contributed by atoms with Gasteiger partial charge in [-0.25, -0.2) is 4.79 Å². The molecule has 0 aliphatic carbocycles. The molecular weight excluding hydrogens is 244 g/mol. The summed E-state index contributed by atoms with van der Waals surface area (Å²) >= 11 is 0. The monoisotopic (exact) mass is 260 g/mol. The molecule has 1 aliphatic rings. The van der Waals surface area contributed by atoms with Gasteiger partial charge in [-0.15, -0.1) is 0 Å². The molecule has 0 unspecified atom stereocenters. The van der Waals surface area contributed by atoms with Gasteiger partial charge in [-0.05, 0) is 18.6 Å². The Kier molecular flexibility index (Phi) is 3.85. The first-order chi connectivity index (χ1) is 9.11. The van der Waals surface area contributed by atoms with E-state index < -0.39 is 0 Å². The Bertz CT molecular complexity index is 525. The van der Waals surface area contributed by atoms with Gasteiger partial charge in [-0.1, -0.05) is 18.7 Å². The quantitative estimate of drug-likeness (QED) is 0.842. The Morgan fingerprint density at radius 2 is 2.26 bits per heavy atom. The zero-order chi connectivity index (χ0) is 13.8. The van der Waals surface area contributed by atoms with E-state index in [0.717, 1.165) is 11.3 Å². The van der Waals surface area contributed by atoms with E-state index in [1.165, 1.54) is 0 Å². The number of ether oxygens (including phenoxy) is 1. The number of imide groups is 1. The zero-order valence-electron chi connectivity index (χ0n) is 10.8. The Morgan fingerprint density at radius 1 is 1.47 bits per heavy atom. The van der Waals surface area contributed by atoms with E-state index >= 15 is 0 Å². The zero-order valence-corrected chi connectivity index (χ0v) is 10.8. The first kappa shape index (κ1) is 13.1. The number of carbonyl (C=O) groups is 2. The highest BCUT2D eigenvalue weighted by Crippen LogP contribution is 2.27. The van der Waals surface area contributed by atoms with Crippen LogP contribution in [0.2, 0.25) is 0 Å². The smallest absolute Gasteiger partial charge is 0.328 e. The number of amides is 3. The highest BCUT2D eigenvalue weighted by atomic mass is 16.5. The second kappa shape index (κ2) is 5.56. The summed E-state index contributed by atoms with van der Waals surface area (Å²) in [5.41, 5.74) is 1.71. The number of aryl methyl sites for hydroxylation is 1. The molecule has 1 N–H and O–H groups in total. The lowest BCUT2D eigenvalue weighted by molar-refractivity contribution is -0.120. The highest BCUT2D eigenvalue weighted by Gasteiger charge is 2.25. The molecule has 1 fully saturated rings. The van der Waals surface area contributed by atoms with E-state index in [9.17, 15) is 9.59 Å². The van der Waals surface area contributed by atoms with Gasteiger partial charge >= 0.3 is 6.03 Å². The summed E-state index contributed by atoms with van der Waals surface area (Å²) < 4.78 is 5.45. The molecule has 0 aromatic heterocycles. The van der Waals surface area contributed by atoms with E-state index in [4.69, 9.17) is 4.74 Å². The maximum absolute atomic E-state index is 11.8. The molecule has 1 saturated heterocycles. The Balaban J connectivity index is 2.25. The normalized spacial score (nSPS) is 15.1. The fourth-order valence-corrected chi connectivity index (χ4v) is 1.92. The summed E-state index contributed by atoms with van der Waals surface area (Å²) in [7, 11) is 0. The van der Waals surface area contributed by atoms with Crippen LogP contribution >= 0.6 is 0 Å². The average molecular weight is 260 g/mol. The van der Waals surface area contributed by atoms with Gasteiger partial charge in [0.2, 0.25) is 5.91 Å². The number of anilines is 1. The topological polar surface area (TPSA) is 58.6 Å². The Hall–Kier alpha value is -2.30. The highest BCUT2D eigenvalue weighted by molar-refractivity contribution is 6.05. The predicted molar refractivity (Wildman–Crippen MR) is 72.4 cm³/mol. The number of hydrogen-bond donors (Lipinski definition) is 1. The maximum Gasteiger partial charge on any atom is 0.328 e. The van der Waals surface area contributed by atoms with E-state index in [0.29, 0.717) is 25.3 Å². The van der Waals surface area contributed by atoms with Crippen molar-refractivity contribution < 1.29 is 14.3 Å². The summed E-state index contributed by atoms with van der Waals surface area (Å²) in [6.45, 7) is 6.30. The second-order valence-corrected chi connectivity index (χ2v) is 4.30. The van der Waals surface area contributed by atoms with Gasteiger partial charge in [0.1, 0.15) is 12.4 Å². The predicted octanol–water partition coefficient (Wildman–Crippen LogP) is 2.01. The van der Waals surface area contributed by atoms with E-state index in [-0.39, 0.29) is 11.9 Å². The molecule has 19 heavy (non-hydrogen) atoms. The maximum atomic E-state index is 11.8. The third-order valence-corrected chi connectivity index (χ3v) is 2.89. The number of nitrogens with one attached hydrogen (secondary N) is 1. The molecular formula is C14H16N2O3. The molecule has 0 atom stereocenters. The van der Waals surface area contributed by atoms with Crippen LogP contribution in [0.15, 0.2) is 30.9 Å². The second-order valence-electron chi connectivity index (χ2n) is 4.30. The molecule has 1 aromatic rings. The average Bonchev–Trinajstić information content (AvgIpc) is 2.38. The number of urea groups is 1. The van der Waals surface area contributed by atoms with Gasteiger partial charge in [0.05, 0.1) is 5.69 Å². The summed E-state index contributed by atoms with van der Waals surface area (Å²) in [4.78, 5) is 24.5. The molecule has 5 heteroatoms. The van der Waals surface area contributed by atoms with Crippen molar-refractivity contribution in [3.8, 4) is 5.75 Å². The molecule has 100 valence electrons. The van der Waals surface area contributed by atoms with Gasteiger partial charge in [-0.2, -0.15) is 0 Å². The first-order valence-corrected chi connectivity index (χ1v) is 6.07. The molecule has 5 nitrogen and oxygen atoms in total. The molecule has 0 bridgehead atoms. The van der Waals surface area contributed by atoms with Crippen molar-refractivity contribution in [3.05, 3.63) is 36.4 Å². The Labute approximate surface area is 111 Å². The summed E-state index contributed by atoms with van der Waals surface area (Å²) in [5, 5.41) is 2.31. The van der Waals surface area contributed by atoms with Crippen LogP contribution in [0.1, 0.15) is 12.0 Å². The molecule has 2 rings (SSSR count). The first-order valence-electron chi connectivity index (χ1n) is 6.07. The van der Waals surface area contributed by atoms with Crippen molar-refractivity contribution in [2.75, 3.05) is 18.1 Å².